The predicted molar refractivity (Wildman–Crippen MR) is 119 cm³/mol. The highest BCUT2D eigenvalue weighted by molar-refractivity contribution is 7.91. The molecule has 9 nitrogen and oxygen atoms in total. The van der Waals surface area contributed by atoms with Gasteiger partial charge < -0.3 is 5.73 Å². The molecule has 2 aromatic carbocycles. The van der Waals surface area contributed by atoms with Crippen molar-refractivity contribution in [3.8, 4) is 17.1 Å². The van der Waals surface area contributed by atoms with Crippen molar-refractivity contribution in [2.75, 3.05) is 12.5 Å². The Morgan fingerprint density at radius 3 is 1.97 bits per heavy atom. The van der Waals surface area contributed by atoms with Crippen LogP contribution in [-0.4, -0.2) is 44.8 Å². The van der Waals surface area contributed by atoms with Crippen LogP contribution in [0.5, 0.6) is 0 Å². The standard InChI is InChI=1S/C21H21N3O6S2/c1-12-5-8-15(11-13(12)2)24-19(14-6-9-16(10-7-14)31(3,27)28)23-20(32(4,29)30)17(18(22)25)21(24)26/h5-11H,1-4H3,(H2,22,25). The molecule has 1 amide bonds. The van der Waals surface area contributed by atoms with Crippen molar-refractivity contribution in [2.24, 2.45) is 5.73 Å². The van der Waals surface area contributed by atoms with E-state index >= 15 is 0 Å². The SMILES string of the molecule is Cc1ccc(-n2c(-c3ccc(S(C)(=O)=O)cc3)nc(S(C)(=O)=O)c(C(N)=O)c2=O)cc1C. The van der Waals surface area contributed by atoms with E-state index < -0.39 is 41.7 Å². The van der Waals surface area contributed by atoms with Crippen LogP contribution >= 0.6 is 0 Å². The summed E-state index contributed by atoms with van der Waals surface area (Å²) in [5.74, 6) is -1.30. The largest absolute Gasteiger partial charge is 0.365 e. The third-order valence-corrected chi connectivity index (χ3v) is 7.06. The molecule has 3 rings (SSSR count). The number of carbonyl (C=O) groups excluding carboxylic acids is 1. The molecule has 168 valence electrons. The molecule has 1 heterocycles. The van der Waals surface area contributed by atoms with Gasteiger partial charge in [0.25, 0.3) is 11.5 Å². The second-order valence-corrected chi connectivity index (χ2v) is 11.4. The number of nitrogens with zero attached hydrogens (tertiary/aromatic N) is 2. The molecule has 0 aliphatic rings. The van der Waals surface area contributed by atoms with Crippen LogP contribution < -0.4 is 11.3 Å². The summed E-state index contributed by atoms with van der Waals surface area (Å²) in [6, 6.07) is 10.6. The van der Waals surface area contributed by atoms with Gasteiger partial charge in [0.1, 0.15) is 11.4 Å². The number of hydrogen-bond donors (Lipinski definition) is 1. The average Bonchev–Trinajstić information content (AvgIpc) is 2.68. The van der Waals surface area contributed by atoms with Crippen molar-refractivity contribution in [2.45, 2.75) is 23.8 Å². The third kappa shape index (κ3) is 4.34. The van der Waals surface area contributed by atoms with Crippen molar-refractivity contribution >= 4 is 25.6 Å². The highest BCUT2D eigenvalue weighted by atomic mass is 32.2. The van der Waals surface area contributed by atoms with E-state index in [1.807, 2.05) is 13.8 Å². The molecule has 3 aromatic rings. The van der Waals surface area contributed by atoms with E-state index in [-0.39, 0.29) is 16.3 Å². The number of aromatic nitrogens is 2. The second-order valence-electron chi connectivity index (χ2n) is 7.46. The zero-order valence-corrected chi connectivity index (χ0v) is 19.4. The lowest BCUT2D eigenvalue weighted by Crippen LogP contribution is -2.34. The van der Waals surface area contributed by atoms with Gasteiger partial charge in [-0.25, -0.2) is 21.8 Å². The quantitative estimate of drug-likeness (QED) is 0.549. The molecule has 0 atom stereocenters. The van der Waals surface area contributed by atoms with Crippen molar-refractivity contribution in [1.29, 1.82) is 0 Å². The van der Waals surface area contributed by atoms with Crippen LogP contribution in [0.1, 0.15) is 21.5 Å². The maximum atomic E-state index is 13.4. The lowest BCUT2D eigenvalue weighted by molar-refractivity contribution is 0.0994. The third-order valence-electron chi connectivity index (χ3n) is 4.94. The molecule has 11 heteroatoms. The fraction of sp³-hybridized carbons (Fsp3) is 0.190. The van der Waals surface area contributed by atoms with Gasteiger partial charge in [-0.3, -0.25) is 14.2 Å². The zero-order chi connectivity index (χ0) is 24.0. The van der Waals surface area contributed by atoms with Crippen LogP contribution in [0, 0.1) is 13.8 Å². The fourth-order valence-corrected chi connectivity index (χ4v) is 4.57. The van der Waals surface area contributed by atoms with Gasteiger partial charge in [-0.15, -0.1) is 0 Å². The Labute approximate surface area is 185 Å². The summed E-state index contributed by atoms with van der Waals surface area (Å²) in [6.07, 6.45) is 1.87. The Morgan fingerprint density at radius 2 is 1.50 bits per heavy atom. The normalized spacial score (nSPS) is 12.0. The van der Waals surface area contributed by atoms with Crippen molar-refractivity contribution in [3.63, 3.8) is 0 Å². The Bertz CT molecular complexity index is 1520. The average molecular weight is 476 g/mol. The minimum Gasteiger partial charge on any atom is -0.365 e. The van der Waals surface area contributed by atoms with Gasteiger partial charge in [-0.1, -0.05) is 6.07 Å². The lowest BCUT2D eigenvalue weighted by atomic mass is 10.1. The van der Waals surface area contributed by atoms with Gasteiger partial charge in [-0.05, 0) is 61.4 Å². The summed E-state index contributed by atoms with van der Waals surface area (Å²) in [5.41, 5.74) is 6.07. The van der Waals surface area contributed by atoms with Crippen LogP contribution in [0.2, 0.25) is 0 Å². The molecule has 0 spiro atoms. The van der Waals surface area contributed by atoms with Gasteiger partial charge >= 0.3 is 0 Å². The molecule has 0 unspecified atom stereocenters. The highest BCUT2D eigenvalue weighted by Gasteiger charge is 2.28. The summed E-state index contributed by atoms with van der Waals surface area (Å²) < 4.78 is 49.3. The van der Waals surface area contributed by atoms with Gasteiger partial charge in [0.15, 0.2) is 24.7 Å². The molecule has 0 bridgehead atoms. The first-order chi connectivity index (χ1) is 14.7. The number of hydrogen-bond acceptors (Lipinski definition) is 7. The first kappa shape index (κ1) is 23.4. The maximum Gasteiger partial charge on any atom is 0.272 e. The minimum absolute atomic E-state index is 0.0402. The van der Waals surface area contributed by atoms with Gasteiger partial charge in [0.05, 0.1) is 10.6 Å². The first-order valence-corrected chi connectivity index (χ1v) is 13.0. The molecule has 0 aliphatic carbocycles. The van der Waals surface area contributed by atoms with Crippen molar-refractivity contribution in [3.05, 3.63) is 69.5 Å². The lowest BCUT2D eigenvalue weighted by Gasteiger charge is -2.17. The van der Waals surface area contributed by atoms with E-state index in [0.29, 0.717) is 5.69 Å². The van der Waals surface area contributed by atoms with E-state index in [0.717, 1.165) is 28.2 Å². The van der Waals surface area contributed by atoms with E-state index in [4.69, 9.17) is 5.73 Å². The predicted octanol–water partition coefficient (Wildman–Crippen LogP) is 1.42. The minimum atomic E-state index is -4.10. The Kier molecular flexibility index (Phi) is 5.83. The molecule has 0 saturated heterocycles. The van der Waals surface area contributed by atoms with Crippen LogP contribution in [0.15, 0.2) is 57.2 Å². The Morgan fingerprint density at radius 1 is 0.906 bits per heavy atom. The van der Waals surface area contributed by atoms with Crippen LogP contribution in [0.3, 0.4) is 0 Å². The highest BCUT2D eigenvalue weighted by Crippen LogP contribution is 2.25. The number of primary amides is 1. The summed E-state index contributed by atoms with van der Waals surface area (Å²) in [5, 5.41) is -0.739. The molecule has 0 fully saturated rings. The van der Waals surface area contributed by atoms with E-state index in [1.54, 1.807) is 18.2 Å². The monoisotopic (exact) mass is 475 g/mol. The van der Waals surface area contributed by atoms with E-state index in [1.165, 1.54) is 24.3 Å². The van der Waals surface area contributed by atoms with E-state index in [2.05, 4.69) is 4.98 Å². The summed E-state index contributed by atoms with van der Waals surface area (Å²) in [4.78, 5) is 29.6. The topological polar surface area (TPSA) is 146 Å². The number of aryl methyl sites for hydroxylation is 2. The van der Waals surface area contributed by atoms with Crippen LogP contribution in [-0.2, 0) is 19.7 Å². The number of sulfone groups is 2. The van der Waals surface area contributed by atoms with Crippen molar-refractivity contribution in [1.82, 2.24) is 9.55 Å². The summed E-state index contributed by atoms with van der Waals surface area (Å²) in [6.45, 7) is 3.71. The molecule has 1 aromatic heterocycles. The number of rotatable bonds is 5. The van der Waals surface area contributed by atoms with Gasteiger partial charge in [0, 0.05) is 18.1 Å². The fourth-order valence-electron chi connectivity index (χ4n) is 3.13. The summed E-state index contributed by atoms with van der Waals surface area (Å²) in [7, 11) is -7.58. The van der Waals surface area contributed by atoms with Gasteiger partial charge in [0.2, 0.25) is 0 Å². The molecular weight excluding hydrogens is 454 g/mol. The molecular formula is C21H21N3O6S2. The first-order valence-electron chi connectivity index (χ1n) is 9.27. The zero-order valence-electron chi connectivity index (χ0n) is 17.8. The molecule has 32 heavy (non-hydrogen) atoms. The smallest absolute Gasteiger partial charge is 0.272 e. The van der Waals surface area contributed by atoms with E-state index in [9.17, 15) is 26.4 Å². The van der Waals surface area contributed by atoms with Crippen LogP contribution in [0.25, 0.3) is 17.1 Å². The molecule has 0 saturated carbocycles. The number of benzene rings is 2. The molecule has 2 N–H and O–H groups in total. The number of nitrogens with two attached hydrogens (primary N) is 1. The van der Waals surface area contributed by atoms with Crippen molar-refractivity contribution < 1.29 is 21.6 Å². The number of carbonyl (C=O) groups is 1. The van der Waals surface area contributed by atoms with Crippen LogP contribution in [0.4, 0.5) is 0 Å². The molecule has 0 radical (unpaired) electrons. The molecule has 0 aliphatic heterocycles. The maximum absolute atomic E-state index is 13.4. The van der Waals surface area contributed by atoms with Gasteiger partial charge in [-0.2, -0.15) is 0 Å². The number of amides is 1. The summed E-state index contributed by atoms with van der Waals surface area (Å²) >= 11 is 0. The second kappa shape index (κ2) is 7.99. The Hall–Kier alpha value is -3.31. The Balaban J connectivity index is 2.48.